The highest BCUT2D eigenvalue weighted by Crippen LogP contribution is 2.26. The molecular weight excluding hydrogens is 190 g/mol. The lowest BCUT2D eigenvalue weighted by molar-refractivity contribution is -0.138. The number of carbonyl (C=O) groups is 1. The molecule has 78 valence electrons. The molecule has 0 N–H and O–H groups in total. The van der Waals surface area contributed by atoms with Crippen LogP contribution in [0.2, 0.25) is 0 Å². The van der Waals surface area contributed by atoms with Gasteiger partial charge in [-0.3, -0.25) is 0 Å². The predicted octanol–water partition coefficient (Wildman–Crippen LogP) is 1.65. The summed E-state index contributed by atoms with van der Waals surface area (Å²) in [7, 11) is 3.77. The standard InChI is InChI=1S/C12H13NO2/c1-13(2)7-11-10-6-4-3-5-9(10)8-15-12(11)14/h3-7H,8H2,1-2H3. The average Bonchev–Trinajstić information content (AvgIpc) is 2.22. The Labute approximate surface area is 89.0 Å². The minimum atomic E-state index is -0.248. The van der Waals surface area contributed by atoms with E-state index in [1.54, 1.807) is 6.20 Å². The zero-order valence-electron chi connectivity index (χ0n) is 8.86. The maximum atomic E-state index is 11.6. The van der Waals surface area contributed by atoms with Crippen molar-refractivity contribution in [2.24, 2.45) is 0 Å². The van der Waals surface area contributed by atoms with Gasteiger partial charge in [0.25, 0.3) is 0 Å². The fourth-order valence-electron chi connectivity index (χ4n) is 1.62. The van der Waals surface area contributed by atoms with E-state index < -0.39 is 0 Å². The fraction of sp³-hybridized carbons (Fsp3) is 0.250. The number of ether oxygens (including phenoxy) is 1. The normalized spacial score (nSPS) is 17.2. The average molecular weight is 203 g/mol. The molecule has 1 aromatic rings. The zero-order valence-corrected chi connectivity index (χ0v) is 8.86. The Balaban J connectivity index is 2.51. The number of fused-ring (bicyclic) bond motifs is 1. The number of rotatable bonds is 1. The van der Waals surface area contributed by atoms with Crippen molar-refractivity contribution in [2.75, 3.05) is 14.1 Å². The molecule has 0 atom stereocenters. The first-order chi connectivity index (χ1) is 7.18. The van der Waals surface area contributed by atoms with E-state index in [0.29, 0.717) is 12.2 Å². The van der Waals surface area contributed by atoms with Gasteiger partial charge in [0.05, 0.1) is 5.57 Å². The Morgan fingerprint density at radius 3 is 2.80 bits per heavy atom. The fourth-order valence-corrected chi connectivity index (χ4v) is 1.62. The van der Waals surface area contributed by atoms with E-state index in [1.165, 1.54) is 0 Å². The highest BCUT2D eigenvalue weighted by atomic mass is 16.5. The molecule has 2 rings (SSSR count). The number of carbonyl (C=O) groups excluding carboxylic acids is 1. The van der Waals surface area contributed by atoms with Crippen molar-refractivity contribution < 1.29 is 9.53 Å². The van der Waals surface area contributed by atoms with E-state index in [9.17, 15) is 4.79 Å². The minimum absolute atomic E-state index is 0.248. The van der Waals surface area contributed by atoms with Crippen molar-refractivity contribution in [1.82, 2.24) is 4.90 Å². The van der Waals surface area contributed by atoms with Crippen molar-refractivity contribution >= 4 is 11.5 Å². The molecule has 0 saturated heterocycles. The number of cyclic esters (lactones) is 1. The SMILES string of the molecule is CN(C)C=C1C(=O)OCc2ccccc21. The molecule has 0 saturated carbocycles. The lowest BCUT2D eigenvalue weighted by atomic mass is 9.99. The summed E-state index contributed by atoms with van der Waals surface area (Å²) in [4.78, 5) is 13.4. The molecule has 1 heterocycles. The third-order valence-corrected chi connectivity index (χ3v) is 2.27. The van der Waals surface area contributed by atoms with Crippen molar-refractivity contribution in [3.05, 3.63) is 41.6 Å². The summed E-state index contributed by atoms with van der Waals surface area (Å²) in [5.74, 6) is -0.248. The van der Waals surface area contributed by atoms with Crippen LogP contribution < -0.4 is 0 Å². The van der Waals surface area contributed by atoms with Gasteiger partial charge in [-0.05, 0) is 11.1 Å². The maximum Gasteiger partial charge on any atom is 0.340 e. The molecule has 0 radical (unpaired) electrons. The van der Waals surface area contributed by atoms with Gasteiger partial charge in [-0.2, -0.15) is 0 Å². The Hall–Kier alpha value is -1.77. The topological polar surface area (TPSA) is 29.5 Å². The summed E-state index contributed by atoms with van der Waals surface area (Å²) in [5.41, 5.74) is 2.66. The molecular formula is C12H13NO2. The van der Waals surface area contributed by atoms with Gasteiger partial charge in [-0.1, -0.05) is 24.3 Å². The van der Waals surface area contributed by atoms with E-state index in [2.05, 4.69) is 0 Å². The van der Waals surface area contributed by atoms with Gasteiger partial charge in [0.2, 0.25) is 0 Å². The van der Waals surface area contributed by atoms with Gasteiger partial charge in [0.1, 0.15) is 6.61 Å². The van der Waals surface area contributed by atoms with Gasteiger partial charge in [-0.25, -0.2) is 4.79 Å². The molecule has 3 nitrogen and oxygen atoms in total. The van der Waals surface area contributed by atoms with E-state index in [1.807, 2.05) is 43.3 Å². The van der Waals surface area contributed by atoms with E-state index >= 15 is 0 Å². The molecule has 3 heteroatoms. The van der Waals surface area contributed by atoms with E-state index in [4.69, 9.17) is 4.74 Å². The Morgan fingerprint density at radius 2 is 2.07 bits per heavy atom. The van der Waals surface area contributed by atoms with Crippen LogP contribution in [0.15, 0.2) is 30.5 Å². The van der Waals surface area contributed by atoms with Crippen LogP contribution in [-0.2, 0) is 16.1 Å². The number of esters is 1. The molecule has 0 aromatic heterocycles. The van der Waals surface area contributed by atoms with Crippen LogP contribution in [0, 0.1) is 0 Å². The smallest absolute Gasteiger partial charge is 0.340 e. The second-order valence-corrected chi connectivity index (χ2v) is 3.74. The van der Waals surface area contributed by atoms with Crippen LogP contribution in [0.5, 0.6) is 0 Å². The molecule has 15 heavy (non-hydrogen) atoms. The minimum Gasteiger partial charge on any atom is -0.457 e. The van der Waals surface area contributed by atoms with Crippen molar-refractivity contribution in [2.45, 2.75) is 6.61 Å². The second-order valence-electron chi connectivity index (χ2n) is 3.74. The summed E-state index contributed by atoms with van der Waals surface area (Å²) in [5, 5.41) is 0. The first-order valence-electron chi connectivity index (χ1n) is 4.82. The van der Waals surface area contributed by atoms with Gasteiger partial charge >= 0.3 is 5.97 Å². The first-order valence-corrected chi connectivity index (χ1v) is 4.82. The summed E-state index contributed by atoms with van der Waals surface area (Å²) >= 11 is 0. The Morgan fingerprint density at radius 1 is 1.33 bits per heavy atom. The quantitative estimate of drug-likeness (QED) is 0.513. The van der Waals surface area contributed by atoms with Crippen LogP contribution in [0.25, 0.3) is 5.57 Å². The largest absolute Gasteiger partial charge is 0.457 e. The Bertz CT molecular complexity index is 421. The Kier molecular flexibility index (Phi) is 2.46. The molecule has 0 bridgehead atoms. The predicted molar refractivity (Wildman–Crippen MR) is 57.9 cm³/mol. The monoisotopic (exact) mass is 203 g/mol. The first kappa shape index (κ1) is 9.77. The van der Waals surface area contributed by atoms with Crippen LogP contribution in [0.3, 0.4) is 0 Å². The number of hydrogen-bond acceptors (Lipinski definition) is 3. The molecule has 0 amide bonds. The summed E-state index contributed by atoms with van der Waals surface area (Å²) in [6.07, 6.45) is 1.79. The molecule has 0 spiro atoms. The van der Waals surface area contributed by atoms with Crippen molar-refractivity contribution in [3.8, 4) is 0 Å². The van der Waals surface area contributed by atoms with E-state index in [0.717, 1.165) is 11.1 Å². The molecule has 1 aliphatic heterocycles. The number of hydrogen-bond donors (Lipinski definition) is 0. The molecule has 0 unspecified atom stereocenters. The zero-order chi connectivity index (χ0) is 10.8. The summed E-state index contributed by atoms with van der Waals surface area (Å²) < 4.78 is 5.08. The molecule has 1 aliphatic rings. The van der Waals surface area contributed by atoms with Crippen molar-refractivity contribution in [1.29, 1.82) is 0 Å². The molecule has 1 aromatic carbocycles. The van der Waals surface area contributed by atoms with Crippen LogP contribution in [-0.4, -0.2) is 25.0 Å². The van der Waals surface area contributed by atoms with Crippen LogP contribution >= 0.6 is 0 Å². The van der Waals surface area contributed by atoms with Gasteiger partial charge in [0, 0.05) is 20.3 Å². The summed E-state index contributed by atoms with van der Waals surface area (Å²) in [6, 6.07) is 7.81. The van der Waals surface area contributed by atoms with Crippen LogP contribution in [0.1, 0.15) is 11.1 Å². The maximum absolute atomic E-state index is 11.6. The van der Waals surface area contributed by atoms with Gasteiger partial charge < -0.3 is 9.64 Å². The highest BCUT2D eigenvalue weighted by molar-refractivity contribution is 6.17. The van der Waals surface area contributed by atoms with Gasteiger partial charge in [-0.15, -0.1) is 0 Å². The highest BCUT2D eigenvalue weighted by Gasteiger charge is 2.22. The lowest BCUT2D eigenvalue weighted by Crippen LogP contribution is -2.17. The third-order valence-electron chi connectivity index (χ3n) is 2.27. The third kappa shape index (κ3) is 1.86. The van der Waals surface area contributed by atoms with E-state index in [-0.39, 0.29) is 5.97 Å². The lowest BCUT2D eigenvalue weighted by Gasteiger charge is -2.19. The number of nitrogens with zero attached hydrogens (tertiary/aromatic N) is 1. The van der Waals surface area contributed by atoms with Crippen LogP contribution in [0.4, 0.5) is 0 Å². The molecule has 0 fully saturated rings. The second kappa shape index (κ2) is 3.77. The van der Waals surface area contributed by atoms with Gasteiger partial charge in [0.15, 0.2) is 0 Å². The molecule has 0 aliphatic carbocycles. The number of benzene rings is 1. The van der Waals surface area contributed by atoms with Crippen molar-refractivity contribution in [3.63, 3.8) is 0 Å². The summed E-state index contributed by atoms with van der Waals surface area (Å²) in [6.45, 7) is 0.375.